The molecule has 0 saturated carbocycles. The van der Waals surface area contributed by atoms with Gasteiger partial charge in [0.25, 0.3) is 10.1 Å². The zero-order valence-corrected chi connectivity index (χ0v) is 18.6. The molecule has 11 heteroatoms. The number of hydrogen-bond donors (Lipinski definition) is 1. The molecule has 2 aromatic carbocycles. The maximum atomic E-state index is 11.3. The van der Waals surface area contributed by atoms with Crippen LogP contribution in [0.25, 0.3) is 0 Å². The van der Waals surface area contributed by atoms with Crippen LogP contribution in [0.5, 0.6) is 11.5 Å². The van der Waals surface area contributed by atoms with Gasteiger partial charge in [0.2, 0.25) is 0 Å². The molecule has 158 valence electrons. The van der Waals surface area contributed by atoms with Crippen LogP contribution < -0.4 is 14.4 Å². The summed E-state index contributed by atoms with van der Waals surface area (Å²) in [5, 5.41) is 7.92. The van der Waals surface area contributed by atoms with Crippen LogP contribution in [-0.4, -0.2) is 40.3 Å². The molecular weight excluding hydrogens is 441 g/mol. The molecule has 2 rings (SSSR count). The summed E-state index contributed by atoms with van der Waals surface area (Å²) in [6, 6.07) is 5.69. The first-order valence-electron chi connectivity index (χ1n) is 8.55. The van der Waals surface area contributed by atoms with E-state index in [4.69, 9.17) is 32.7 Å². The lowest BCUT2D eigenvalue weighted by Gasteiger charge is -2.24. The predicted octanol–water partition coefficient (Wildman–Crippen LogP) is 5.52. The number of methoxy groups -OCH3 is 2. The summed E-state index contributed by atoms with van der Waals surface area (Å²) in [4.78, 5) is 1.60. The van der Waals surface area contributed by atoms with E-state index in [1.165, 1.54) is 13.2 Å². The van der Waals surface area contributed by atoms with E-state index in [2.05, 4.69) is 15.1 Å². The monoisotopic (exact) mass is 461 g/mol. The van der Waals surface area contributed by atoms with Gasteiger partial charge in [-0.15, -0.1) is 10.2 Å². The van der Waals surface area contributed by atoms with Crippen LogP contribution in [0.1, 0.15) is 13.8 Å². The van der Waals surface area contributed by atoms with E-state index in [9.17, 15) is 13.0 Å². The van der Waals surface area contributed by atoms with E-state index in [1.54, 1.807) is 19.2 Å². The highest BCUT2D eigenvalue weighted by molar-refractivity contribution is 7.86. The summed E-state index contributed by atoms with van der Waals surface area (Å²) in [6.45, 7) is 5.63. The Hall–Kier alpha value is -2.07. The van der Waals surface area contributed by atoms with E-state index >= 15 is 0 Å². The quantitative estimate of drug-likeness (QED) is 0.410. The molecule has 29 heavy (non-hydrogen) atoms. The lowest BCUT2D eigenvalue weighted by atomic mass is 10.2. The number of rotatable bonds is 8. The lowest BCUT2D eigenvalue weighted by Crippen LogP contribution is -2.22. The molecule has 0 bridgehead atoms. The summed E-state index contributed by atoms with van der Waals surface area (Å²) in [5.41, 5.74) is 1.36. The minimum absolute atomic E-state index is 0.0449. The Morgan fingerprint density at radius 1 is 0.931 bits per heavy atom. The summed E-state index contributed by atoms with van der Waals surface area (Å²) in [7, 11) is -1.44. The minimum atomic E-state index is -4.51. The van der Waals surface area contributed by atoms with E-state index in [0.717, 1.165) is 24.8 Å². The average Bonchev–Trinajstić information content (AvgIpc) is 2.68. The van der Waals surface area contributed by atoms with Gasteiger partial charge < -0.3 is 14.4 Å². The number of azo groups is 1. The molecule has 0 heterocycles. The van der Waals surface area contributed by atoms with Gasteiger partial charge in [0, 0.05) is 25.2 Å². The third-order valence-corrected chi connectivity index (χ3v) is 5.75. The highest BCUT2D eigenvalue weighted by Crippen LogP contribution is 2.41. The first kappa shape index (κ1) is 23.2. The van der Waals surface area contributed by atoms with Crippen molar-refractivity contribution in [2.24, 2.45) is 10.2 Å². The first-order chi connectivity index (χ1) is 13.7. The van der Waals surface area contributed by atoms with Gasteiger partial charge in [0.1, 0.15) is 27.8 Å². The third-order valence-electron chi connectivity index (χ3n) is 4.13. The molecule has 0 spiro atoms. The van der Waals surface area contributed by atoms with Crippen LogP contribution in [0.15, 0.2) is 39.4 Å². The molecule has 0 aromatic heterocycles. The fraction of sp³-hybridized carbons (Fsp3) is 0.333. The second-order valence-corrected chi connectivity index (χ2v) is 7.98. The molecule has 2 aromatic rings. The topological polar surface area (TPSA) is 101 Å². The van der Waals surface area contributed by atoms with E-state index in [0.29, 0.717) is 17.2 Å². The maximum Gasteiger partial charge on any atom is 0.296 e. The van der Waals surface area contributed by atoms with Crippen LogP contribution in [0.2, 0.25) is 10.0 Å². The average molecular weight is 462 g/mol. The molecule has 0 radical (unpaired) electrons. The van der Waals surface area contributed by atoms with Gasteiger partial charge in [-0.1, -0.05) is 23.2 Å². The van der Waals surface area contributed by atoms with Gasteiger partial charge in [0.15, 0.2) is 0 Å². The Morgan fingerprint density at radius 3 is 2.03 bits per heavy atom. The van der Waals surface area contributed by atoms with Gasteiger partial charge in [-0.3, -0.25) is 4.55 Å². The van der Waals surface area contributed by atoms with Gasteiger partial charge >= 0.3 is 0 Å². The number of anilines is 1. The van der Waals surface area contributed by atoms with Crippen LogP contribution in [0, 0.1) is 0 Å². The molecule has 0 fully saturated rings. The molecule has 0 unspecified atom stereocenters. The van der Waals surface area contributed by atoms with Crippen LogP contribution >= 0.6 is 23.2 Å². The highest BCUT2D eigenvalue weighted by Gasteiger charge is 2.18. The van der Waals surface area contributed by atoms with Crippen molar-refractivity contribution in [3.05, 3.63) is 34.3 Å². The molecule has 0 aliphatic heterocycles. The second-order valence-electron chi connectivity index (χ2n) is 5.78. The van der Waals surface area contributed by atoms with Crippen molar-refractivity contribution < 1.29 is 22.4 Å². The fourth-order valence-electron chi connectivity index (χ4n) is 2.66. The summed E-state index contributed by atoms with van der Waals surface area (Å²) in [6.07, 6.45) is 0. The van der Waals surface area contributed by atoms with Gasteiger partial charge in [0.05, 0.1) is 30.0 Å². The number of halogens is 2. The van der Waals surface area contributed by atoms with Crippen molar-refractivity contribution in [1.82, 2.24) is 0 Å². The fourth-order valence-corrected chi connectivity index (χ4v) is 3.94. The van der Waals surface area contributed by atoms with Crippen LogP contribution in [-0.2, 0) is 10.1 Å². The normalized spacial score (nSPS) is 11.7. The minimum Gasteiger partial charge on any atom is -0.494 e. The molecule has 0 amide bonds. The molecule has 0 aliphatic carbocycles. The van der Waals surface area contributed by atoms with Crippen molar-refractivity contribution in [1.29, 1.82) is 0 Å². The number of hydrogen-bond acceptors (Lipinski definition) is 7. The Labute approximate surface area is 179 Å². The van der Waals surface area contributed by atoms with Gasteiger partial charge in [-0.05, 0) is 26.0 Å². The van der Waals surface area contributed by atoms with E-state index in [1.807, 2.05) is 13.8 Å². The number of benzene rings is 2. The van der Waals surface area contributed by atoms with E-state index < -0.39 is 15.0 Å². The smallest absolute Gasteiger partial charge is 0.296 e. The number of ether oxygens (including phenoxy) is 2. The van der Waals surface area contributed by atoms with Gasteiger partial charge in [-0.2, -0.15) is 8.42 Å². The zero-order chi connectivity index (χ0) is 21.8. The largest absolute Gasteiger partial charge is 0.494 e. The van der Waals surface area contributed by atoms with Crippen molar-refractivity contribution in [2.45, 2.75) is 18.7 Å². The predicted molar refractivity (Wildman–Crippen MR) is 114 cm³/mol. The summed E-state index contributed by atoms with van der Waals surface area (Å²) in [5.74, 6) is 1.06. The maximum absolute atomic E-state index is 11.3. The molecule has 0 aliphatic rings. The Kier molecular flexibility index (Phi) is 7.70. The Bertz CT molecular complexity index is 1020. The standard InChI is InChI=1S/C18H21Cl2N3O5S/c1-5-23(6-2)15-10-16(27-3)14(9-17(15)28-4)22-21-13-7-12(20)18(8-11(13)19)29(24,25)26/h7-10H,5-6H2,1-4H3,(H,24,25,26). The molecule has 0 saturated heterocycles. The van der Waals surface area contributed by atoms with Crippen molar-refractivity contribution in [2.75, 3.05) is 32.2 Å². The SMILES string of the molecule is CCN(CC)c1cc(OC)c(N=Nc2cc(Cl)c(S(=O)(=O)O)cc2Cl)cc1OC. The molecule has 8 nitrogen and oxygen atoms in total. The third kappa shape index (κ3) is 5.30. The summed E-state index contributed by atoms with van der Waals surface area (Å²) >= 11 is 12.0. The van der Waals surface area contributed by atoms with Crippen LogP contribution in [0.4, 0.5) is 17.1 Å². The first-order valence-corrected chi connectivity index (χ1v) is 10.7. The van der Waals surface area contributed by atoms with Crippen molar-refractivity contribution in [3.63, 3.8) is 0 Å². The lowest BCUT2D eigenvalue weighted by molar-refractivity contribution is 0.404. The molecule has 1 N–H and O–H groups in total. The molecule has 0 atom stereocenters. The van der Waals surface area contributed by atoms with Gasteiger partial charge in [-0.25, -0.2) is 0 Å². The van der Waals surface area contributed by atoms with Crippen LogP contribution in [0.3, 0.4) is 0 Å². The second kappa shape index (κ2) is 9.62. The Morgan fingerprint density at radius 2 is 1.52 bits per heavy atom. The highest BCUT2D eigenvalue weighted by atomic mass is 35.5. The molecular formula is C18H21Cl2N3O5S. The summed E-state index contributed by atoms with van der Waals surface area (Å²) < 4.78 is 42.7. The van der Waals surface area contributed by atoms with E-state index in [-0.39, 0.29) is 15.7 Å². The van der Waals surface area contributed by atoms with Crippen molar-refractivity contribution >= 4 is 50.4 Å². The van der Waals surface area contributed by atoms with Crippen molar-refractivity contribution in [3.8, 4) is 11.5 Å². The zero-order valence-electron chi connectivity index (χ0n) is 16.3. The Balaban J connectivity index is 2.51. The number of nitrogens with zero attached hydrogens (tertiary/aromatic N) is 3.